The summed E-state index contributed by atoms with van der Waals surface area (Å²) in [6.07, 6.45) is 0.760. The van der Waals surface area contributed by atoms with Crippen molar-refractivity contribution in [3.05, 3.63) is 69.8 Å². The Morgan fingerprint density at radius 2 is 2.23 bits per heavy atom. The summed E-state index contributed by atoms with van der Waals surface area (Å²) in [7, 11) is 1.69. The number of H-pyrrole nitrogens is 1. The third-order valence-electron chi connectivity index (χ3n) is 5.52. The number of carbonyl (C=O) groups is 1. The Morgan fingerprint density at radius 3 is 2.97 bits per heavy atom. The van der Waals surface area contributed by atoms with Gasteiger partial charge in [-0.05, 0) is 30.7 Å². The zero-order chi connectivity index (χ0) is 21.5. The molecule has 0 bridgehead atoms. The standard InChI is InChI=1S/C22H17N5O4/c1-30-18-7-8-27-17(10-13-3-2-4-14(18)19(13)27)21(28)24-16-6-5-12(11-23)9-15(16)20-25-22(29)31-26-20/h2-6,9-10,18H,7-8H2,1H3,(H,24,28)(H,25,26,29). The van der Waals surface area contributed by atoms with Gasteiger partial charge in [-0.1, -0.05) is 23.4 Å². The van der Waals surface area contributed by atoms with Crippen molar-refractivity contribution in [2.24, 2.45) is 0 Å². The number of nitrogens with one attached hydrogen (secondary N) is 2. The molecular weight excluding hydrogens is 398 g/mol. The van der Waals surface area contributed by atoms with Gasteiger partial charge in [-0.15, -0.1) is 0 Å². The molecule has 0 aliphatic carbocycles. The number of carbonyl (C=O) groups excluding carboxylic acids is 1. The first kappa shape index (κ1) is 18.8. The molecule has 2 aromatic heterocycles. The van der Waals surface area contributed by atoms with E-state index >= 15 is 0 Å². The Hall–Kier alpha value is -4.16. The van der Waals surface area contributed by atoms with Crippen LogP contribution in [-0.2, 0) is 11.3 Å². The lowest BCUT2D eigenvalue weighted by Crippen LogP contribution is -2.21. The number of amides is 1. The highest BCUT2D eigenvalue weighted by atomic mass is 16.5. The average molecular weight is 415 g/mol. The van der Waals surface area contributed by atoms with Gasteiger partial charge < -0.3 is 14.6 Å². The van der Waals surface area contributed by atoms with Crippen LogP contribution in [0.3, 0.4) is 0 Å². The number of hydrogen-bond donors (Lipinski definition) is 2. The van der Waals surface area contributed by atoms with E-state index in [1.165, 1.54) is 6.07 Å². The molecule has 0 saturated heterocycles. The lowest BCUT2D eigenvalue weighted by Gasteiger charge is -2.25. The quantitative estimate of drug-likeness (QED) is 0.527. The van der Waals surface area contributed by atoms with Gasteiger partial charge >= 0.3 is 5.76 Å². The Labute approximate surface area is 175 Å². The van der Waals surface area contributed by atoms with Crippen LogP contribution in [0.25, 0.3) is 22.3 Å². The summed E-state index contributed by atoms with van der Waals surface area (Å²) in [6, 6.07) is 14.6. The van der Waals surface area contributed by atoms with Gasteiger partial charge in [0, 0.05) is 30.2 Å². The monoisotopic (exact) mass is 415 g/mol. The highest BCUT2D eigenvalue weighted by Crippen LogP contribution is 2.36. The van der Waals surface area contributed by atoms with E-state index in [1.807, 2.05) is 34.9 Å². The zero-order valence-electron chi connectivity index (χ0n) is 16.5. The van der Waals surface area contributed by atoms with Crippen LogP contribution >= 0.6 is 0 Å². The van der Waals surface area contributed by atoms with E-state index in [4.69, 9.17) is 4.74 Å². The SMILES string of the molecule is COC1CCn2c(C(=O)Nc3ccc(C#N)cc3-c3noc(=O)[nH]3)cc3cccc1c32. The molecule has 2 N–H and O–H groups in total. The maximum atomic E-state index is 13.2. The number of rotatable bonds is 4. The molecule has 5 rings (SSSR count). The number of para-hydroxylation sites is 1. The zero-order valence-corrected chi connectivity index (χ0v) is 16.5. The fourth-order valence-electron chi connectivity index (χ4n) is 4.13. The number of benzene rings is 2. The molecule has 0 radical (unpaired) electrons. The molecule has 1 aliphatic heterocycles. The Morgan fingerprint density at radius 1 is 1.35 bits per heavy atom. The van der Waals surface area contributed by atoms with E-state index in [1.54, 1.807) is 19.2 Å². The molecule has 1 atom stereocenters. The number of methoxy groups -OCH3 is 1. The van der Waals surface area contributed by atoms with Gasteiger partial charge in [0.15, 0.2) is 5.82 Å². The molecule has 0 saturated carbocycles. The molecule has 3 heterocycles. The third kappa shape index (κ3) is 3.10. The van der Waals surface area contributed by atoms with Crippen LogP contribution in [0.1, 0.15) is 34.1 Å². The molecule has 31 heavy (non-hydrogen) atoms. The average Bonchev–Trinajstić information content (AvgIpc) is 3.39. The van der Waals surface area contributed by atoms with Gasteiger partial charge in [-0.25, -0.2) is 4.79 Å². The number of anilines is 1. The summed E-state index contributed by atoms with van der Waals surface area (Å²) < 4.78 is 12.2. The van der Waals surface area contributed by atoms with Crippen molar-refractivity contribution >= 4 is 22.5 Å². The Balaban J connectivity index is 1.57. The van der Waals surface area contributed by atoms with Crippen LogP contribution in [0.15, 0.2) is 51.8 Å². The van der Waals surface area contributed by atoms with Crippen LogP contribution in [0.4, 0.5) is 5.69 Å². The summed E-state index contributed by atoms with van der Waals surface area (Å²) in [5.74, 6) is -0.906. The maximum absolute atomic E-state index is 13.2. The summed E-state index contributed by atoms with van der Waals surface area (Å²) in [5.41, 5.74) is 3.71. The van der Waals surface area contributed by atoms with Crippen LogP contribution in [-0.4, -0.2) is 27.7 Å². The number of aromatic amines is 1. The van der Waals surface area contributed by atoms with Gasteiger partial charge in [0.05, 0.1) is 28.9 Å². The number of hydrogen-bond acceptors (Lipinski definition) is 6. The number of nitrogens with zero attached hydrogens (tertiary/aromatic N) is 3. The van der Waals surface area contributed by atoms with E-state index < -0.39 is 5.76 Å². The van der Waals surface area contributed by atoms with Crippen molar-refractivity contribution in [3.63, 3.8) is 0 Å². The molecule has 4 aromatic rings. The van der Waals surface area contributed by atoms with Crippen molar-refractivity contribution in [2.45, 2.75) is 19.1 Å². The van der Waals surface area contributed by atoms with Crippen molar-refractivity contribution < 1.29 is 14.1 Å². The number of aryl methyl sites for hydroxylation is 1. The Bertz CT molecular complexity index is 1420. The predicted molar refractivity (Wildman–Crippen MR) is 112 cm³/mol. The van der Waals surface area contributed by atoms with E-state index in [-0.39, 0.29) is 17.8 Å². The van der Waals surface area contributed by atoms with Crippen LogP contribution in [0, 0.1) is 11.3 Å². The summed E-state index contributed by atoms with van der Waals surface area (Å²) in [5, 5.41) is 16.8. The van der Waals surface area contributed by atoms with Gasteiger partial charge in [-0.2, -0.15) is 5.26 Å². The minimum atomic E-state index is -0.725. The first-order valence-corrected chi connectivity index (χ1v) is 9.66. The first-order chi connectivity index (χ1) is 15.1. The van der Waals surface area contributed by atoms with E-state index in [2.05, 4.69) is 20.0 Å². The van der Waals surface area contributed by atoms with Crippen molar-refractivity contribution in [1.29, 1.82) is 5.26 Å². The minimum absolute atomic E-state index is 0.00358. The van der Waals surface area contributed by atoms with Crippen molar-refractivity contribution in [3.8, 4) is 17.5 Å². The predicted octanol–water partition coefficient (Wildman–Crippen LogP) is 3.20. The summed E-state index contributed by atoms with van der Waals surface area (Å²) in [6.45, 7) is 0.651. The minimum Gasteiger partial charge on any atom is -0.377 e. The molecule has 1 aliphatic rings. The molecule has 1 unspecified atom stereocenters. The fraction of sp³-hybridized carbons (Fsp3) is 0.182. The third-order valence-corrected chi connectivity index (χ3v) is 5.52. The van der Waals surface area contributed by atoms with Crippen LogP contribution < -0.4 is 11.1 Å². The number of ether oxygens (including phenoxy) is 1. The van der Waals surface area contributed by atoms with Gasteiger partial charge in [0.1, 0.15) is 5.69 Å². The van der Waals surface area contributed by atoms with Crippen molar-refractivity contribution in [1.82, 2.24) is 14.7 Å². The van der Waals surface area contributed by atoms with E-state index in [9.17, 15) is 14.9 Å². The largest absolute Gasteiger partial charge is 0.439 e. The molecule has 9 heteroatoms. The van der Waals surface area contributed by atoms with Gasteiger partial charge in [0.25, 0.3) is 5.91 Å². The topological polar surface area (TPSA) is 126 Å². The van der Waals surface area contributed by atoms with Crippen molar-refractivity contribution in [2.75, 3.05) is 12.4 Å². The smallest absolute Gasteiger partial charge is 0.377 e. The van der Waals surface area contributed by atoms with E-state index in [0.717, 1.165) is 22.9 Å². The van der Waals surface area contributed by atoms with Crippen LogP contribution in [0.5, 0.6) is 0 Å². The number of nitriles is 1. The number of aromatic nitrogens is 3. The maximum Gasteiger partial charge on any atom is 0.439 e. The summed E-state index contributed by atoms with van der Waals surface area (Å²) in [4.78, 5) is 27.1. The normalized spacial score (nSPS) is 15.0. The lowest BCUT2D eigenvalue weighted by molar-refractivity contribution is 0.0874. The first-order valence-electron chi connectivity index (χ1n) is 9.66. The second kappa shape index (κ2) is 7.27. The molecule has 9 nitrogen and oxygen atoms in total. The van der Waals surface area contributed by atoms with E-state index in [0.29, 0.717) is 29.1 Å². The molecule has 0 spiro atoms. The molecule has 0 fully saturated rings. The fourth-order valence-corrected chi connectivity index (χ4v) is 4.13. The Kier molecular flexibility index (Phi) is 4.42. The van der Waals surface area contributed by atoms with Gasteiger partial charge in [-0.3, -0.25) is 14.3 Å². The molecule has 154 valence electrons. The lowest BCUT2D eigenvalue weighted by atomic mass is 10.0. The molecule has 1 amide bonds. The highest BCUT2D eigenvalue weighted by molar-refractivity contribution is 6.08. The van der Waals surface area contributed by atoms with Gasteiger partial charge in [0.2, 0.25) is 0 Å². The molecule has 2 aromatic carbocycles. The van der Waals surface area contributed by atoms with Crippen LogP contribution in [0.2, 0.25) is 0 Å². The highest BCUT2D eigenvalue weighted by Gasteiger charge is 2.26. The molecular formula is C22H17N5O4. The summed E-state index contributed by atoms with van der Waals surface area (Å²) >= 11 is 0. The second-order valence-electron chi connectivity index (χ2n) is 7.25. The second-order valence-corrected chi connectivity index (χ2v) is 7.25.